The Morgan fingerprint density at radius 3 is 2.50 bits per heavy atom. The molecule has 0 bridgehead atoms. The normalized spacial score (nSPS) is 28.2. The summed E-state index contributed by atoms with van der Waals surface area (Å²) in [5.74, 6) is 0.410. The molecule has 0 aromatic heterocycles. The third-order valence-electron chi connectivity index (χ3n) is 3.96. The van der Waals surface area contributed by atoms with Gasteiger partial charge in [-0.2, -0.15) is 0 Å². The molecule has 5 nitrogen and oxygen atoms in total. The zero-order valence-electron chi connectivity index (χ0n) is 11.0. The fraction of sp³-hybridized carbons (Fsp3) is 0.917. The van der Waals surface area contributed by atoms with Gasteiger partial charge in [0.2, 0.25) is 5.91 Å². The van der Waals surface area contributed by atoms with Crippen molar-refractivity contribution in [2.45, 2.75) is 31.7 Å². The first-order chi connectivity index (χ1) is 8.48. The molecule has 2 aliphatic rings. The molecule has 2 heterocycles. The highest BCUT2D eigenvalue weighted by atomic mass is 32.2. The van der Waals surface area contributed by atoms with Crippen molar-refractivity contribution in [1.82, 2.24) is 9.80 Å². The van der Waals surface area contributed by atoms with Gasteiger partial charge in [0.15, 0.2) is 9.84 Å². The lowest BCUT2D eigenvalue weighted by Gasteiger charge is -2.30. The minimum absolute atomic E-state index is 0.0546. The predicted molar refractivity (Wildman–Crippen MR) is 70.1 cm³/mol. The highest BCUT2D eigenvalue weighted by Crippen LogP contribution is 2.17. The zero-order valence-corrected chi connectivity index (χ0v) is 11.8. The van der Waals surface area contributed by atoms with Gasteiger partial charge in [-0.05, 0) is 32.4 Å². The molecule has 2 fully saturated rings. The Labute approximate surface area is 109 Å². The number of sulfone groups is 1. The van der Waals surface area contributed by atoms with Gasteiger partial charge in [0.25, 0.3) is 0 Å². The molecule has 1 amide bonds. The highest BCUT2D eigenvalue weighted by Gasteiger charge is 2.33. The summed E-state index contributed by atoms with van der Waals surface area (Å²) in [7, 11) is -1.18. The van der Waals surface area contributed by atoms with Crippen LogP contribution in [0.4, 0.5) is 0 Å². The van der Waals surface area contributed by atoms with E-state index in [1.807, 2.05) is 0 Å². The van der Waals surface area contributed by atoms with Crippen LogP contribution in [-0.4, -0.2) is 68.4 Å². The minimum atomic E-state index is -2.91. The molecule has 1 atom stereocenters. The molecule has 2 aliphatic heterocycles. The quantitative estimate of drug-likeness (QED) is 0.733. The van der Waals surface area contributed by atoms with Gasteiger partial charge in [-0.1, -0.05) is 6.42 Å². The lowest BCUT2D eigenvalue weighted by Crippen LogP contribution is -2.45. The number of likely N-dealkylation sites (tertiary alicyclic amines) is 1. The highest BCUT2D eigenvalue weighted by molar-refractivity contribution is 7.91. The third-order valence-corrected chi connectivity index (χ3v) is 5.71. The molecule has 0 aromatic rings. The lowest BCUT2D eigenvalue weighted by atomic mass is 10.1. The fourth-order valence-electron chi connectivity index (χ4n) is 2.70. The average Bonchev–Trinajstić information content (AvgIpc) is 2.70. The molecular formula is C12H22N2O3S. The van der Waals surface area contributed by atoms with Crippen LogP contribution in [0.5, 0.6) is 0 Å². The maximum atomic E-state index is 12.1. The molecule has 2 saturated heterocycles. The van der Waals surface area contributed by atoms with Gasteiger partial charge in [-0.3, -0.25) is 9.69 Å². The van der Waals surface area contributed by atoms with E-state index in [1.54, 1.807) is 11.9 Å². The van der Waals surface area contributed by atoms with E-state index in [0.717, 1.165) is 25.9 Å². The number of nitrogens with zero attached hydrogens (tertiary/aromatic N) is 2. The van der Waals surface area contributed by atoms with Crippen molar-refractivity contribution < 1.29 is 13.2 Å². The van der Waals surface area contributed by atoms with E-state index in [1.165, 1.54) is 6.42 Å². The molecule has 18 heavy (non-hydrogen) atoms. The molecule has 104 valence electrons. The van der Waals surface area contributed by atoms with Crippen molar-refractivity contribution in [3.63, 3.8) is 0 Å². The zero-order chi connectivity index (χ0) is 13.2. The van der Waals surface area contributed by atoms with E-state index in [4.69, 9.17) is 0 Å². The predicted octanol–water partition coefficient (Wildman–Crippen LogP) is 0.118. The van der Waals surface area contributed by atoms with Crippen LogP contribution in [0.1, 0.15) is 25.7 Å². The average molecular weight is 274 g/mol. The van der Waals surface area contributed by atoms with E-state index >= 15 is 0 Å². The van der Waals surface area contributed by atoms with Gasteiger partial charge in [-0.15, -0.1) is 0 Å². The number of hydrogen-bond acceptors (Lipinski definition) is 4. The maximum Gasteiger partial charge on any atom is 0.236 e. The summed E-state index contributed by atoms with van der Waals surface area (Å²) < 4.78 is 22.8. The van der Waals surface area contributed by atoms with Crippen molar-refractivity contribution in [3.05, 3.63) is 0 Å². The van der Waals surface area contributed by atoms with Crippen LogP contribution in [0.15, 0.2) is 0 Å². The van der Waals surface area contributed by atoms with Crippen molar-refractivity contribution in [2.24, 2.45) is 0 Å². The molecule has 0 aliphatic carbocycles. The molecular weight excluding hydrogens is 252 g/mol. The Kier molecular flexibility index (Phi) is 4.27. The summed E-state index contributed by atoms with van der Waals surface area (Å²) in [4.78, 5) is 15.9. The van der Waals surface area contributed by atoms with Gasteiger partial charge in [0.1, 0.15) is 0 Å². The molecule has 1 unspecified atom stereocenters. The Morgan fingerprint density at radius 2 is 1.94 bits per heavy atom. The number of carbonyl (C=O) groups excluding carboxylic acids is 1. The van der Waals surface area contributed by atoms with Crippen LogP contribution in [0.2, 0.25) is 0 Å². The van der Waals surface area contributed by atoms with E-state index < -0.39 is 9.84 Å². The van der Waals surface area contributed by atoms with Crippen LogP contribution < -0.4 is 0 Å². The first-order valence-electron chi connectivity index (χ1n) is 6.66. The number of hydrogen-bond donors (Lipinski definition) is 0. The molecule has 2 rings (SSSR count). The van der Waals surface area contributed by atoms with Crippen LogP contribution in [0, 0.1) is 0 Å². The second-order valence-corrected chi connectivity index (χ2v) is 7.63. The largest absolute Gasteiger partial charge is 0.341 e. The standard InChI is InChI=1S/C12H22N2O3S/c1-13(11-5-8-18(16,17)10-11)12(15)9-14-6-3-2-4-7-14/h11H,2-10H2,1H3. The van der Waals surface area contributed by atoms with E-state index in [-0.39, 0.29) is 23.5 Å². The summed E-state index contributed by atoms with van der Waals surface area (Å²) in [6, 6.07) is -0.118. The monoisotopic (exact) mass is 274 g/mol. The van der Waals surface area contributed by atoms with Crippen LogP contribution in [0.25, 0.3) is 0 Å². The van der Waals surface area contributed by atoms with Crippen molar-refractivity contribution in [3.8, 4) is 0 Å². The Balaban J connectivity index is 1.85. The second-order valence-electron chi connectivity index (χ2n) is 5.40. The van der Waals surface area contributed by atoms with Gasteiger partial charge < -0.3 is 4.90 Å². The Bertz CT molecular complexity index is 402. The van der Waals surface area contributed by atoms with Crippen molar-refractivity contribution in [2.75, 3.05) is 38.2 Å². The number of piperidine rings is 1. The van der Waals surface area contributed by atoms with Crippen LogP contribution >= 0.6 is 0 Å². The van der Waals surface area contributed by atoms with E-state index in [0.29, 0.717) is 13.0 Å². The topological polar surface area (TPSA) is 57.7 Å². The second kappa shape index (κ2) is 5.57. The summed E-state index contributed by atoms with van der Waals surface area (Å²) in [6.07, 6.45) is 4.16. The minimum Gasteiger partial charge on any atom is -0.341 e. The molecule has 0 N–H and O–H groups in total. The summed E-state index contributed by atoms with van der Waals surface area (Å²) in [5.41, 5.74) is 0. The molecule has 0 spiro atoms. The summed E-state index contributed by atoms with van der Waals surface area (Å²) in [6.45, 7) is 2.41. The van der Waals surface area contributed by atoms with Crippen molar-refractivity contribution >= 4 is 15.7 Å². The van der Waals surface area contributed by atoms with Gasteiger partial charge in [0, 0.05) is 13.1 Å². The number of rotatable bonds is 3. The SMILES string of the molecule is CN(C(=O)CN1CCCCC1)C1CCS(=O)(=O)C1. The first kappa shape index (κ1) is 13.8. The third kappa shape index (κ3) is 3.45. The summed E-state index contributed by atoms with van der Waals surface area (Å²) in [5, 5.41) is 0. The van der Waals surface area contributed by atoms with Gasteiger partial charge in [-0.25, -0.2) is 8.42 Å². The molecule has 0 aromatic carbocycles. The number of carbonyl (C=O) groups is 1. The molecule has 0 radical (unpaired) electrons. The lowest BCUT2D eigenvalue weighted by molar-refractivity contribution is -0.133. The first-order valence-corrected chi connectivity index (χ1v) is 8.48. The Morgan fingerprint density at radius 1 is 1.28 bits per heavy atom. The van der Waals surface area contributed by atoms with Gasteiger partial charge >= 0.3 is 0 Å². The van der Waals surface area contributed by atoms with Crippen LogP contribution in [-0.2, 0) is 14.6 Å². The smallest absolute Gasteiger partial charge is 0.236 e. The molecule has 0 saturated carbocycles. The van der Waals surface area contributed by atoms with Gasteiger partial charge in [0.05, 0.1) is 18.1 Å². The van der Waals surface area contributed by atoms with E-state index in [9.17, 15) is 13.2 Å². The van der Waals surface area contributed by atoms with Crippen LogP contribution in [0.3, 0.4) is 0 Å². The van der Waals surface area contributed by atoms with Crippen molar-refractivity contribution in [1.29, 1.82) is 0 Å². The van der Waals surface area contributed by atoms with E-state index in [2.05, 4.69) is 4.90 Å². The molecule has 6 heteroatoms. The Hall–Kier alpha value is -0.620. The number of likely N-dealkylation sites (N-methyl/N-ethyl adjacent to an activating group) is 1. The summed E-state index contributed by atoms with van der Waals surface area (Å²) >= 11 is 0. The number of amides is 1. The maximum absolute atomic E-state index is 12.1. The fourth-order valence-corrected chi connectivity index (χ4v) is 4.48.